The van der Waals surface area contributed by atoms with Crippen molar-refractivity contribution < 1.29 is 19.3 Å². The molecular weight excluding hydrogens is 268 g/mol. The third-order valence-electron chi connectivity index (χ3n) is 2.68. The van der Waals surface area contributed by atoms with E-state index in [-0.39, 0.29) is 6.61 Å². The van der Waals surface area contributed by atoms with E-state index in [2.05, 4.69) is 18.8 Å². The molecule has 0 aliphatic carbocycles. The topological polar surface area (TPSA) is 47.9 Å². The number of hydrogen-bond acceptors (Lipinski definition) is 4. The van der Waals surface area contributed by atoms with Crippen LogP contribution in [0.25, 0.3) is 0 Å². The van der Waals surface area contributed by atoms with Crippen LogP contribution in [0.2, 0.25) is 0 Å². The van der Waals surface area contributed by atoms with E-state index in [1.807, 2.05) is 24.3 Å². The monoisotopic (exact) mass is 292 g/mol. The summed E-state index contributed by atoms with van der Waals surface area (Å²) >= 11 is 0. The van der Waals surface area contributed by atoms with Gasteiger partial charge in [-0.2, -0.15) is 0 Å². The van der Waals surface area contributed by atoms with Crippen molar-refractivity contribution in [3.63, 3.8) is 0 Å². The number of rotatable bonds is 10. The maximum Gasteiger partial charge on any atom is 0.119 e. The first-order chi connectivity index (χ1) is 10.4. The van der Waals surface area contributed by atoms with E-state index in [0.29, 0.717) is 26.4 Å². The second-order valence-electron chi connectivity index (χ2n) is 4.41. The van der Waals surface area contributed by atoms with Gasteiger partial charge >= 0.3 is 0 Å². The molecular formula is C17H24O4. The molecule has 1 aromatic rings. The lowest BCUT2D eigenvalue weighted by Gasteiger charge is -2.07. The molecule has 116 valence electrons. The number of aliphatic hydroxyl groups is 1. The fourth-order valence-electron chi connectivity index (χ4n) is 1.56. The van der Waals surface area contributed by atoms with Crippen molar-refractivity contribution in [3.8, 4) is 17.6 Å². The Morgan fingerprint density at radius 3 is 2.29 bits per heavy atom. The minimum absolute atomic E-state index is 0.127. The molecule has 1 aromatic carbocycles. The summed E-state index contributed by atoms with van der Waals surface area (Å²) in [6.45, 7) is 5.11. The molecule has 4 heteroatoms. The molecule has 0 radical (unpaired) electrons. The van der Waals surface area contributed by atoms with Gasteiger partial charge in [0.1, 0.15) is 19.0 Å². The minimum Gasteiger partial charge on any atom is -0.491 e. The molecule has 0 saturated heterocycles. The summed E-state index contributed by atoms with van der Waals surface area (Å²) < 4.78 is 16.3. The van der Waals surface area contributed by atoms with Crippen molar-refractivity contribution in [1.82, 2.24) is 0 Å². The van der Waals surface area contributed by atoms with E-state index in [9.17, 15) is 0 Å². The van der Waals surface area contributed by atoms with E-state index >= 15 is 0 Å². The fraction of sp³-hybridized carbons (Fsp3) is 0.529. The van der Waals surface area contributed by atoms with Crippen LogP contribution in [0, 0.1) is 11.8 Å². The van der Waals surface area contributed by atoms with Crippen molar-refractivity contribution in [2.45, 2.75) is 19.8 Å². The third-order valence-corrected chi connectivity index (χ3v) is 2.68. The molecule has 21 heavy (non-hydrogen) atoms. The van der Waals surface area contributed by atoms with Crippen molar-refractivity contribution in [2.24, 2.45) is 0 Å². The minimum atomic E-state index is -0.127. The van der Waals surface area contributed by atoms with Crippen molar-refractivity contribution in [2.75, 3.05) is 39.6 Å². The van der Waals surface area contributed by atoms with Crippen LogP contribution in [-0.4, -0.2) is 44.7 Å². The highest BCUT2D eigenvalue weighted by molar-refractivity contribution is 5.38. The first kappa shape index (κ1) is 17.5. The zero-order chi connectivity index (χ0) is 15.2. The first-order valence-electron chi connectivity index (χ1n) is 7.35. The van der Waals surface area contributed by atoms with Gasteiger partial charge in [-0.05, 0) is 30.7 Å². The molecule has 0 aromatic heterocycles. The quantitative estimate of drug-likeness (QED) is 0.531. The number of benzene rings is 1. The molecule has 0 aliphatic heterocycles. The van der Waals surface area contributed by atoms with Gasteiger partial charge < -0.3 is 19.3 Å². The molecule has 1 N–H and O–H groups in total. The van der Waals surface area contributed by atoms with Crippen LogP contribution < -0.4 is 4.74 Å². The van der Waals surface area contributed by atoms with Crippen LogP contribution in [0.3, 0.4) is 0 Å². The van der Waals surface area contributed by atoms with Gasteiger partial charge in [0.15, 0.2) is 0 Å². The molecule has 0 bridgehead atoms. The molecule has 4 nitrogen and oxygen atoms in total. The molecule has 0 unspecified atom stereocenters. The van der Waals surface area contributed by atoms with Crippen LogP contribution in [0.4, 0.5) is 0 Å². The maximum atomic E-state index is 8.61. The maximum absolute atomic E-state index is 8.61. The molecule has 0 atom stereocenters. The highest BCUT2D eigenvalue weighted by Crippen LogP contribution is 2.11. The summed E-state index contributed by atoms with van der Waals surface area (Å²) in [5, 5.41) is 8.61. The Labute approximate surface area is 127 Å². The van der Waals surface area contributed by atoms with E-state index in [0.717, 1.165) is 30.8 Å². The summed E-state index contributed by atoms with van der Waals surface area (Å²) in [7, 11) is 0. The Balaban J connectivity index is 2.05. The average molecular weight is 292 g/mol. The summed E-state index contributed by atoms with van der Waals surface area (Å²) in [4.78, 5) is 0. The molecule has 0 heterocycles. The van der Waals surface area contributed by atoms with E-state index < -0.39 is 0 Å². The van der Waals surface area contributed by atoms with Gasteiger partial charge in [0.25, 0.3) is 0 Å². The van der Waals surface area contributed by atoms with Gasteiger partial charge in [-0.25, -0.2) is 0 Å². The van der Waals surface area contributed by atoms with Crippen molar-refractivity contribution in [3.05, 3.63) is 29.8 Å². The number of aliphatic hydroxyl groups excluding tert-OH is 1. The first-order valence-corrected chi connectivity index (χ1v) is 7.35. The Kier molecular flexibility index (Phi) is 10.2. The fourth-order valence-corrected chi connectivity index (χ4v) is 1.56. The molecule has 0 saturated carbocycles. The van der Waals surface area contributed by atoms with E-state index in [1.165, 1.54) is 0 Å². The summed E-state index contributed by atoms with van der Waals surface area (Å²) in [6.07, 6.45) is 2.25. The van der Waals surface area contributed by atoms with Crippen LogP contribution >= 0.6 is 0 Å². The van der Waals surface area contributed by atoms with Crippen molar-refractivity contribution >= 4 is 0 Å². The summed E-state index contributed by atoms with van der Waals surface area (Å²) in [5.41, 5.74) is 0.858. The molecule has 0 aliphatic rings. The highest BCUT2D eigenvalue weighted by atomic mass is 16.5. The highest BCUT2D eigenvalue weighted by Gasteiger charge is 1.95. The Morgan fingerprint density at radius 2 is 1.62 bits per heavy atom. The van der Waals surface area contributed by atoms with Crippen LogP contribution in [0.1, 0.15) is 25.3 Å². The van der Waals surface area contributed by atoms with Gasteiger partial charge in [0, 0.05) is 12.2 Å². The third kappa shape index (κ3) is 9.09. The van der Waals surface area contributed by atoms with E-state index in [4.69, 9.17) is 19.3 Å². The zero-order valence-electron chi connectivity index (χ0n) is 12.6. The normalized spacial score (nSPS) is 10.0. The summed E-state index contributed by atoms with van der Waals surface area (Å²) in [5.74, 6) is 6.22. The number of hydrogen-bond donors (Lipinski definition) is 1. The SMILES string of the molecule is CCCCOCCOCCOc1ccc(C#CCO)cc1. The molecule has 1 rings (SSSR count). The Hall–Kier alpha value is -1.54. The van der Waals surface area contributed by atoms with Crippen LogP contribution in [-0.2, 0) is 9.47 Å². The molecule has 0 amide bonds. The van der Waals surface area contributed by atoms with Gasteiger partial charge in [0.05, 0.1) is 19.8 Å². The number of ether oxygens (including phenoxy) is 3. The standard InChI is InChI=1S/C17H24O4/c1-2-3-11-19-12-13-20-14-15-21-17-8-6-16(7-9-17)5-4-10-18/h6-9,18H,2-3,10-15H2,1H3. The largest absolute Gasteiger partial charge is 0.491 e. The van der Waals surface area contributed by atoms with Crippen LogP contribution in [0.15, 0.2) is 24.3 Å². The van der Waals surface area contributed by atoms with E-state index in [1.54, 1.807) is 0 Å². The van der Waals surface area contributed by atoms with Gasteiger partial charge in [-0.1, -0.05) is 25.2 Å². The Morgan fingerprint density at radius 1 is 0.952 bits per heavy atom. The second kappa shape index (κ2) is 12.2. The second-order valence-corrected chi connectivity index (χ2v) is 4.41. The predicted molar refractivity (Wildman–Crippen MR) is 82.4 cm³/mol. The van der Waals surface area contributed by atoms with Gasteiger partial charge in [-0.15, -0.1) is 0 Å². The van der Waals surface area contributed by atoms with Gasteiger partial charge in [-0.3, -0.25) is 0 Å². The predicted octanol–water partition coefficient (Wildman–Crippen LogP) is 2.24. The Bertz CT molecular complexity index is 417. The van der Waals surface area contributed by atoms with Crippen molar-refractivity contribution in [1.29, 1.82) is 0 Å². The lowest BCUT2D eigenvalue weighted by Crippen LogP contribution is -2.11. The average Bonchev–Trinajstić information content (AvgIpc) is 2.52. The number of unbranched alkanes of at least 4 members (excludes halogenated alkanes) is 1. The smallest absolute Gasteiger partial charge is 0.119 e. The van der Waals surface area contributed by atoms with Crippen LogP contribution in [0.5, 0.6) is 5.75 Å². The molecule has 0 fully saturated rings. The van der Waals surface area contributed by atoms with Gasteiger partial charge in [0.2, 0.25) is 0 Å². The lowest BCUT2D eigenvalue weighted by atomic mass is 10.2. The lowest BCUT2D eigenvalue weighted by molar-refractivity contribution is 0.0356. The zero-order valence-corrected chi connectivity index (χ0v) is 12.6. The summed E-state index contributed by atoms with van der Waals surface area (Å²) in [6, 6.07) is 7.44. The molecule has 0 spiro atoms.